The lowest BCUT2D eigenvalue weighted by Gasteiger charge is -2.11. The predicted octanol–water partition coefficient (Wildman–Crippen LogP) is 3.31. The van der Waals surface area contributed by atoms with Crippen LogP contribution >= 0.6 is 0 Å². The van der Waals surface area contributed by atoms with E-state index >= 15 is 0 Å². The maximum absolute atomic E-state index is 13.3. The van der Waals surface area contributed by atoms with Gasteiger partial charge in [-0.1, -0.05) is 5.16 Å². The summed E-state index contributed by atoms with van der Waals surface area (Å²) in [6.45, 7) is 3.84. The Labute approximate surface area is 116 Å². The molecule has 0 radical (unpaired) electrons. The Balaban J connectivity index is 2.21. The van der Waals surface area contributed by atoms with E-state index in [2.05, 4.69) is 10.1 Å². The van der Waals surface area contributed by atoms with Crippen LogP contribution < -0.4 is 4.74 Å². The van der Waals surface area contributed by atoms with Crippen LogP contribution in [0.2, 0.25) is 0 Å². The summed E-state index contributed by atoms with van der Waals surface area (Å²) in [4.78, 5) is 4.08. The molecule has 0 atom stereocenters. The zero-order valence-electron chi connectivity index (χ0n) is 11.3. The normalized spacial score (nSPS) is 11.4. The fraction of sp³-hybridized carbons (Fsp3) is 0.200. The lowest BCUT2D eigenvalue weighted by atomic mass is 10.1. The maximum atomic E-state index is 13.3. The van der Waals surface area contributed by atoms with Crippen molar-refractivity contribution in [3.8, 4) is 5.75 Å². The molecule has 0 fully saturated rings. The Bertz CT molecular complexity index is 642. The highest BCUT2D eigenvalue weighted by atomic mass is 19.1. The van der Waals surface area contributed by atoms with Gasteiger partial charge in [0.25, 0.3) is 0 Å². The number of hydrogen-bond acceptors (Lipinski definition) is 4. The molecule has 104 valence electrons. The fourth-order valence-corrected chi connectivity index (χ4v) is 1.82. The Morgan fingerprint density at radius 2 is 2.15 bits per heavy atom. The molecule has 0 aliphatic rings. The third-order valence-electron chi connectivity index (χ3n) is 2.81. The number of halogens is 1. The van der Waals surface area contributed by atoms with E-state index in [9.17, 15) is 4.39 Å². The largest absolute Gasteiger partial charge is 0.488 e. The molecule has 0 aliphatic heterocycles. The van der Waals surface area contributed by atoms with E-state index in [1.165, 1.54) is 18.2 Å². The second-order valence-corrected chi connectivity index (χ2v) is 4.49. The van der Waals surface area contributed by atoms with Crippen molar-refractivity contribution < 1.29 is 14.3 Å². The van der Waals surface area contributed by atoms with Crippen molar-refractivity contribution in [1.82, 2.24) is 4.98 Å². The standard InChI is InChI=1S/C15H15FN2O2/c1-10-5-12(8-17-7-10)9-20-15-4-3-13(16)6-14(15)11(2)18-19/h3-8,19H,9H2,1-2H3/b18-11-. The van der Waals surface area contributed by atoms with Gasteiger partial charge in [-0.3, -0.25) is 4.98 Å². The zero-order valence-corrected chi connectivity index (χ0v) is 11.3. The number of benzene rings is 1. The van der Waals surface area contributed by atoms with Crippen molar-refractivity contribution in [3.63, 3.8) is 0 Å². The van der Waals surface area contributed by atoms with E-state index in [-0.39, 0.29) is 0 Å². The van der Waals surface area contributed by atoms with Crippen LogP contribution in [0, 0.1) is 12.7 Å². The summed E-state index contributed by atoms with van der Waals surface area (Å²) < 4.78 is 18.9. The van der Waals surface area contributed by atoms with Crippen molar-refractivity contribution >= 4 is 5.71 Å². The van der Waals surface area contributed by atoms with Crippen LogP contribution in [0.4, 0.5) is 4.39 Å². The van der Waals surface area contributed by atoms with Gasteiger partial charge in [-0.2, -0.15) is 0 Å². The first-order valence-electron chi connectivity index (χ1n) is 6.12. The monoisotopic (exact) mass is 274 g/mol. The van der Waals surface area contributed by atoms with E-state index in [4.69, 9.17) is 9.94 Å². The molecule has 2 aromatic rings. The average Bonchev–Trinajstić information content (AvgIpc) is 2.45. The zero-order chi connectivity index (χ0) is 14.5. The Hall–Kier alpha value is -2.43. The fourth-order valence-electron chi connectivity index (χ4n) is 1.82. The van der Waals surface area contributed by atoms with Crippen LogP contribution in [0.25, 0.3) is 0 Å². The van der Waals surface area contributed by atoms with E-state index in [1.54, 1.807) is 19.3 Å². The van der Waals surface area contributed by atoms with Crippen LogP contribution in [0.1, 0.15) is 23.6 Å². The van der Waals surface area contributed by atoms with Crippen molar-refractivity contribution in [2.45, 2.75) is 20.5 Å². The summed E-state index contributed by atoms with van der Waals surface area (Å²) in [7, 11) is 0. The molecule has 0 unspecified atom stereocenters. The molecule has 4 nitrogen and oxygen atoms in total. The predicted molar refractivity (Wildman–Crippen MR) is 73.7 cm³/mol. The van der Waals surface area contributed by atoms with Gasteiger partial charge in [0, 0.05) is 23.5 Å². The third-order valence-corrected chi connectivity index (χ3v) is 2.81. The van der Waals surface area contributed by atoms with E-state index in [0.29, 0.717) is 23.6 Å². The van der Waals surface area contributed by atoms with Gasteiger partial charge >= 0.3 is 0 Å². The van der Waals surface area contributed by atoms with Crippen molar-refractivity contribution in [1.29, 1.82) is 0 Å². The van der Waals surface area contributed by atoms with E-state index < -0.39 is 5.82 Å². The van der Waals surface area contributed by atoms with Gasteiger partial charge in [0.05, 0.1) is 5.71 Å². The van der Waals surface area contributed by atoms with Crippen LogP contribution in [-0.2, 0) is 6.61 Å². The van der Waals surface area contributed by atoms with Crippen molar-refractivity contribution in [2.75, 3.05) is 0 Å². The number of ether oxygens (including phenoxy) is 1. The first-order valence-corrected chi connectivity index (χ1v) is 6.12. The molecule has 0 aliphatic carbocycles. The highest BCUT2D eigenvalue weighted by Gasteiger charge is 2.09. The molecule has 0 amide bonds. The summed E-state index contributed by atoms with van der Waals surface area (Å²) >= 11 is 0. The number of aromatic nitrogens is 1. The average molecular weight is 274 g/mol. The molecular formula is C15H15FN2O2. The van der Waals surface area contributed by atoms with Gasteiger partial charge in [-0.15, -0.1) is 0 Å². The number of oxime groups is 1. The van der Waals surface area contributed by atoms with Crippen LogP contribution in [-0.4, -0.2) is 15.9 Å². The summed E-state index contributed by atoms with van der Waals surface area (Å²) in [5.41, 5.74) is 2.67. The molecule has 0 spiro atoms. The Kier molecular flexibility index (Phi) is 4.30. The number of rotatable bonds is 4. The Morgan fingerprint density at radius 1 is 1.35 bits per heavy atom. The van der Waals surface area contributed by atoms with Gasteiger partial charge in [-0.05, 0) is 43.7 Å². The van der Waals surface area contributed by atoms with Crippen LogP contribution in [0.15, 0.2) is 41.8 Å². The first kappa shape index (κ1) is 14.0. The molecule has 1 aromatic carbocycles. The molecule has 5 heteroatoms. The van der Waals surface area contributed by atoms with Gasteiger partial charge in [0.1, 0.15) is 18.2 Å². The van der Waals surface area contributed by atoms with Crippen LogP contribution in [0.3, 0.4) is 0 Å². The SMILES string of the molecule is C/C(=N/O)c1cc(F)ccc1OCc1cncc(C)c1. The van der Waals surface area contributed by atoms with Crippen LogP contribution in [0.5, 0.6) is 5.75 Å². The minimum Gasteiger partial charge on any atom is -0.488 e. The highest BCUT2D eigenvalue weighted by molar-refractivity contribution is 6.00. The lowest BCUT2D eigenvalue weighted by molar-refractivity contribution is 0.302. The van der Waals surface area contributed by atoms with Crippen molar-refractivity contribution in [2.24, 2.45) is 5.16 Å². The minimum absolute atomic E-state index is 0.293. The molecular weight excluding hydrogens is 259 g/mol. The minimum atomic E-state index is -0.410. The smallest absolute Gasteiger partial charge is 0.129 e. The second-order valence-electron chi connectivity index (χ2n) is 4.49. The molecule has 0 saturated carbocycles. The summed E-state index contributed by atoms with van der Waals surface area (Å²) in [6.07, 6.45) is 3.47. The number of hydrogen-bond donors (Lipinski definition) is 1. The van der Waals surface area contributed by atoms with Gasteiger partial charge in [-0.25, -0.2) is 4.39 Å². The molecule has 20 heavy (non-hydrogen) atoms. The number of pyridine rings is 1. The lowest BCUT2D eigenvalue weighted by Crippen LogP contribution is -2.03. The molecule has 1 heterocycles. The summed E-state index contributed by atoms with van der Waals surface area (Å²) in [5.74, 6) is 0.0516. The van der Waals surface area contributed by atoms with Gasteiger partial charge < -0.3 is 9.94 Å². The second kappa shape index (κ2) is 6.14. The molecule has 2 rings (SSSR count). The van der Waals surface area contributed by atoms with Gasteiger partial charge in [0.15, 0.2) is 0 Å². The molecule has 0 bridgehead atoms. The molecule has 1 N–H and O–H groups in total. The molecule has 1 aromatic heterocycles. The number of aryl methyl sites for hydroxylation is 1. The van der Waals surface area contributed by atoms with E-state index in [1.807, 2.05) is 13.0 Å². The maximum Gasteiger partial charge on any atom is 0.129 e. The van der Waals surface area contributed by atoms with Gasteiger partial charge in [0.2, 0.25) is 0 Å². The Morgan fingerprint density at radius 3 is 2.85 bits per heavy atom. The van der Waals surface area contributed by atoms with E-state index in [0.717, 1.165) is 11.1 Å². The first-order chi connectivity index (χ1) is 9.60. The third kappa shape index (κ3) is 3.32. The van der Waals surface area contributed by atoms with Crippen molar-refractivity contribution in [3.05, 3.63) is 59.2 Å². The summed E-state index contributed by atoms with van der Waals surface area (Å²) in [6, 6.07) is 6.06. The number of nitrogens with zero attached hydrogens (tertiary/aromatic N) is 2. The molecule has 0 saturated heterocycles. The topological polar surface area (TPSA) is 54.7 Å². The summed E-state index contributed by atoms with van der Waals surface area (Å²) in [5, 5.41) is 11.9. The highest BCUT2D eigenvalue weighted by Crippen LogP contribution is 2.22. The quantitative estimate of drug-likeness (QED) is 0.528.